The van der Waals surface area contributed by atoms with Crippen molar-refractivity contribution >= 4 is 29.2 Å². The van der Waals surface area contributed by atoms with Gasteiger partial charge >= 0.3 is 5.97 Å². The molecule has 0 radical (unpaired) electrons. The number of carbonyl (C=O) groups is 2. The second-order valence-corrected chi connectivity index (χ2v) is 4.42. The van der Waals surface area contributed by atoms with Gasteiger partial charge in [-0.15, -0.1) is 0 Å². The number of halogens is 1. The van der Waals surface area contributed by atoms with E-state index in [1.807, 2.05) is 6.92 Å². The minimum atomic E-state index is -0.971. The number of hydrogen-bond donors (Lipinski definition) is 3. The largest absolute Gasteiger partial charge is 0.481 e. The van der Waals surface area contributed by atoms with Crippen molar-refractivity contribution in [3.05, 3.63) is 28.8 Å². The normalized spacial score (nSPS) is 11.9. The highest BCUT2D eigenvalue weighted by Crippen LogP contribution is 2.19. The summed E-state index contributed by atoms with van der Waals surface area (Å²) in [7, 11) is 0. The van der Waals surface area contributed by atoms with Crippen LogP contribution in [-0.2, 0) is 9.59 Å². The second-order valence-electron chi connectivity index (χ2n) is 3.99. The molecule has 5 nitrogen and oxygen atoms in total. The maximum atomic E-state index is 11.7. The average Bonchev–Trinajstić information content (AvgIpc) is 2.29. The molecule has 6 heteroatoms. The van der Waals surface area contributed by atoms with Gasteiger partial charge in [0.2, 0.25) is 5.91 Å². The fourth-order valence-corrected chi connectivity index (χ4v) is 1.63. The SMILES string of the molecule is Cc1cc(Cl)ccc1NC(=O)C(N)CCC(=O)O. The van der Waals surface area contributed by atoms with Crippen molar-refractivity contribution in [1.82, 2.24) is 0 Å². The molecular weight excluding hydrogens is 256 g/mol. The van der Waals surface area contributed by atoms with Crippen LogP contribution in [0.5, 0.6) is 0 Å². The molecule has 1 rings (SSSR count). The Morgan fingerprint density at radius 3 is 2.72 bits per heavy atom. The third kappa shape index (κ3) is 4.35. The lowest BCUT2D eigenvalue weighted by Gasteiger charge is -2.13. The maximum absolute atomic E-state index is 11.7. The van der Waals surface area contributed by atoms with Crippen molar-refractivity contribution in [1.29, 1.82) is 0 Å². The van der Waals surface area contributed by atoms with E-state index in [1.54, 1.807) is 18.2 Å². The zero-order valence-electron chi connectivity index (χ0n) is 9.94. The maximum Gasteiger partial charge on any atom is 0.303 e. The molecule has 0 saturated heterocycles. The Bertz CT molecular complexity index is 463. The van der Waals surface area contributed by atoms with Gasteiger partial charge in [-0.2, -0.15) is 0 Å². The molecule has 0 aromatic heterocycles. The number of carboxylic acid groups (broad SMARTS) is 1. The number of rotatable bonds is 5. The summed E-state index contributed by atoms with van der Waals surface area (Å²) in [4.78, 5) is 22.1. The van der Waals surface area contributed by atoms with Gasteiger partial charge in [0.1, 0.15) is 0 Å². The van der Waals surface area contributed by atoms with Crippen LogP contribution >= 0.6 is 11.6 Å². The lowest BCUT2D eigenvalue weighted by molar-refractivity contribution is -0.137. The number of carbonyl (C=O) groups excluding carboxylic acids is 1. The van der Waals surface area contributed by atoms with Gasteiger partial charge in [-0.1, -0.05) is 11.6 Å². The minimum Gasteiger partial charge on any atom is -0.481 e. The molecule has 4 N–H and O–H groups in total. The van der Waals surface area contributed by atoms with Gasteiger partial charge in [0.25, 0.3) is 0 Å². The molecule has 1 amide bonds. The monoisotopic (exact) mass is 270 g/mol. The molecule has 1 aromatic carbocycles. The second kappa shape index (κ2) is 6.37. The first-order valence-corrected chi connectivity index (χ1v) is 5.82. The molecule has 98 valence electrons. The number of nitrogens with two attached hydrogens (primary N) is 1. The van der Waals surface area contributed by atoms with E-state index in [9.17, 15) is 9.59 Å². The van der Waals surface area contributed by atoms with Gasteiger partial charge in [-0.3, -0.25) is 9.59 Å². The van der Waals surface area contributed by atoms with E-state index in [2.05, 4.69) is 5.32 Å². The molecular formula is C12H15ClN2O3. The standard InChI is InChI=1S/C12H15ClN2O3/c1-7-6-8(13)2-4-10(7)15-12(18)9(14)3-5-11(16)17/h2,4,6,9H,3,5,14H2,1H3,(H,15,18)(H,16,17). The van der Waals surface area contributed by atoms with Crippen LogP contribution in [0.3, 0.4) is 0 Å². The molecule has 0 heterocycles. The number of nitrogens with one attached hydrogen (secondary N) is 1. The van der Waals surface area contributed by atoms with E-state index >= 15 is 0 Å². The topological polar surface area (TPSA) is 92.4 Å². The van der Waals surface area contributed by atoms with Crippen LogP contribution < -0.4 is 11.1 Å². The van der Waals surface area contributed by atoms with Gasteiger partial charge in [-0.05, 0) is 37.1 Å². The molecule has 0 saturated carbocycles. The number of carboxylic acids is 1. The zero-order valence-corrected chi connectivity index (χ0v) is 10.7. The zero-order chi connectivity index (χ0) is 13.7. The van der Waals surface area contributed by atoms with Crippen LogP contribution in [0.4, 0.5) is 5.69 Å². The fraction of sp³-hybridized carbons (Fsp3) is 0.333. The highest BCUT2D eigenvalue weighted by molar-refractivity contribution is 6.30. The van der Waals surface area contributed by atoms with Gasteiger partial charge in [0.15, 0.2) is 0 Å². The van der Waals surface area contributed by atoms with Crippen LogP contribution in [0.1, 0.15) is 18.4 Å². The van der Waals surface area contributed by atoms with Crippen molar-refractivity contribution in [2.45, 2.75) is 25.8 Å². The number of aryl methyl sites for hydroxylation is 1. The predicted molar refractivity (Wildman–Crippen MR) is 69.7 cm³/mol. The van der Waals surface area contributed by atoms with Gasteiger partial charge in [-0.25, -0.2) is 0 Å². The quantitative estimate of drug-likeness (QED) is 0.760. The van der Waals surface area contributed by atoms with Crippen molar-refractivity contribution in [2.24, 2.45) is 5.73 Å². The smallest absolute Gasteiger partial charge is 0.303 e. The van der Waals surface area contributed by atoms with Crippen LogP contribution in [0.2, 0.25) is 5.02 Å². The van der Waals surface area contributed by atoms with Gasteiger partial charge < -0.3 is 16.2 Å². The van der Waals surface area contributed by atoms with Crippen molar-refractivity contribution in [3.63, 3.8) is 0 Å². The fourth-order valence-electron chi connectivity index (χ4n) is 1.40. The van der Waals surface area contributed by atoms with Crippen molar-refractivity contribution < 1.29 is 14.7 Å². The number of anilines is 1. The molecule has 0 aliphatic heterocycles. The van der Waals surface area contributed by atoms with Gasteiger partial charge in [0.05, 0.1) is 6.04 Å². The number of hydrogen-bond acceptors (Lipinski definition) is 3. The number of amides is 1. The van der Waals surface area contributed by atoms with E-state index in [-0.39, 0.29) is 12.8 Å². The minimum absolute atomic E-state index is 0.105. The number of benzene rings is 1. The Morgan fingerprint density at radius 2 is 2.17 bits per heavy atom. The molecule has 0 bridgehead atoms. The highest BCUT2D eigenvalue weighted by Gasteiger charge is 2.15. The van der Waals surface area contributed by atoms with E-state index in [0.29, 0.717) is 10.7 Å². The average molecular weight is 271 g/mol. The Balaban J connectivity index is 2.61. The Labute approximate surface area is 110 Å². The summed E-state index contributed by atoms with van der Waals surface area (Å²) in [6, 6.07) is 4.22. The summed E-state index contributed by atoms with van der Waals surface area (Å²) in [5, 5.41) is 11.7. The van der Waals surface area contributed by atoms with Gasteiger partial charge in [0, 0.05) is 17.1 Å². The van der Waals surface area contributed by atoms with Crippen LogP contribution in [-0.4, -0.2) is 23.0 Å². The summed E-state index contributed by atoms with van der Waals surface area (Å²) in [5.74, 6) is -1.37. The van der Waals surface area contributed by atoms with E-state index in [1.165, 1.54) is 0 Å². The summed E-state index contributed by atoms with van der Waals surface area (Å²) >= 11 is 5.80. The third-order valence-corrected chi connectivity index (χ3v) is 2.69. The Morgan fingerprint density at radius 1 is 1.50 bits per heavy atom. The molecule has 18 heavy (non-hydrogen) atoms. The van der Waals surface area contributed by atoms with Crippen LogP contribution in [0.15, 0.2) is 18.2 Å². The molecule has 1 unspecified atom stereocenters. The molecule has 1 atom stereocenters. The molecule has 0 aliphatic carbocycles. The Kier molecular flexibility index (Phi) is 5.12. The summed E-state index contributed by atoms with van der Waals surface area (Å²) in [6.45, 7) is 1.81. The summed E-state index contributed by atoms with van der Waals surface area (Å²) in [5.41, 5.74) is 7.03. The molecule has 1 aromatic rings. The van der Waals surface area contributed by atoms with Crippen LogP contribution in [0.25, 0.3) is 0 Å². The summed E-state index contributed by atoms with van der Waals surface area (Å²) in [6.07, 6.45) is -0.0258. The first-order chi connectivity index (χ1) is 8.40. The van der Waals surface area contributed by atoms with E-state index in [0.717, 1.165) is 5.56 Å². The lowest BCUT2D eigenvalue weighted by Crippen LogP contribution is -2.36. The summed E-state index contributed by atoms with van der Waals surface area (Å²) < 4.78 is 0. The third-order valence-electron chi connectivity index (χ3n) is 2.45. The first-order valence-electron chi connectivity index (χ1n) is 5.44. The van der Waals surface area contributed by atoms with Crippen LogP contribution in [0, 0.1) is 6.92 Å². The predicted octanol–water partition coefficient (Wildman–Crippen LogP) is 1.78. The molecule has 0 aliphatic rings. The highest BCUT2D eigenvalue weighted by atomic mass is 35.5. The van der Waals surface area contributed by atoms with Crippen molar-refractivity contribution in [2.75, 3.05) is 5.32 Å². The molecule has 0 spiro atoms. The van der Waals surface area contributed by atoms with E-state index in [4.69, 9.17) is 22.4 Å². The molecule has 0 fully saturated rings. The Hall–Kier alpha value is -1.59. The first kappa shape index (κ1) is 14.5. The van der Waals surface area contributed by atoms with Crippen molar-refractivity contribution in [3.8, 4) is 0 Å². The lowest BCUT2D eigenvalue weighted by atomic mass is 10.1. The number of aliphatic carboxylic acids is 1. The van der Waals surface area contributed by atoms with E-state index < -0.39 is 17.9 Å².